The lowest BCUT2D eigenvalue weighted by atomic mass is 10.1. The zero-order chi connectivity index (χ0) is 18.3. The molecule has 1 atom stereocenters. The van der Waals surface area contributed by atoms with Crippen LogP contribution in [-0.4, -0.2) is 24.5 Å². The minimum absolute atomic E-state index is 0.0499. The molecule has 0 N–H and O–H groups in total. The second-order valence-electron chi connectivity index (χ2n) is 5.21. The summed E-state index contributed by atoms with van der Waals surface area (Å²) < 4.78 is 62.4. The number of rotatable bonds is 4. The number of carbonyl (C=O) groups is 1. The summed E-state index contributed by atoms with van der Waals surface area (Å²) in [5.41, 5.74) is -2.10. The van der Waals surface area contributed by atoms with Crippen LogP contribution in [0.4, 0.5) is 17.8 Å². The zero-order valence-corrected chi connectivity index (χ0v) is 12.4. The minimum Gasteiger partial charge on any atom is -0.489 e. The molecule has 1 aliphatic heterocycles. The Kier molecular flexibility index (Phi) is 4.39. The molecule has 1 aromatic heterocycles. The number of carbonyl (C=O) groups excluding carboxylic acids is 1. The summed E-state index contributed by atoms with van der Waals surface area (Å²) in [7, 11) is -2.67. The first-order valence-corrected chi connectivity index (χ1v) is 6.84. The molecule has 0 aliphatic carbocycles. The predicted octanol–water partition coefficient (Wildman–Crippen LogP) is 2.18. The van der Waals surface area contributed by atoms with Gasteiger partial charge < -0.3 is 14.0 Å². The summed E-state index contributed by atoms with van der Waals surface area (Å²) >= 11 is 0. The summed E-state index contributed by atoms with van der Waals surface area (Å²) in [5, 5.41) is -0.755. The second kappa shape index (κ2) is 6.37. The first kappa shape index (κ1) is 17.2. The second-order valence-corrected chi connectivity index (χ2v) is 5.21. The third-order valence-corrected chi connectivity index (χ3v) is 3.68. The minimum atomic E-state index is -2.67. The van der Waals surface area contributed by atoms with Crippen molar-refractivity contribution in [2.45, 2.75) is 13.0 Å². The molecule has 0 radical (unpaired) electrons. The van der Waals surface area contributed by atoms with Crippen molar-refractivity contribution in [3.8, 4) is 5.75 Å². The Hall–Kier alpha value is -2.60. The van der Waals surface area contributed by atoms with Gasteiger partial charge in [-0.15, -0.1) is 0 Å². The highest BCUT2D eigenvalue weighted by molar-refractivity contribution is 6.39. The lowest BCUT2D eigenvalue weighted by molar-refractivity contribution is -0.135. The lowest BCUT2D eigenvalue weighted by Gasteiger charge is -2.27. The largest absolute Gasteiger partial charge is 0.780 e. The molecule has 2 aromatic rings. The van der Waals surface area contributed by atoms with E-state index in [0.29, 0.717) is 0 Å². The van der Waals surface area contributed by atoms with Crippen molar-refractivity contribution in [2.75, 3.05) is 6.61 Å². The van der Waals surface area contributed by atoms with Gasteiger partial charge in [-0.3, -0.25) is 4.79 Å². The topological polar surface area (TPSA) is 76.0 Å². The van der Waals surface area contributed by atoms with Crippen molar-refractivity contribution >= 4 is 24.2 Å². The van der Waals surface area contributed by atoms with E-state index in [1.807, 2.05) is 0 Å². The molecule has 0 spiro atoms. The monoisotopic (exact) mass is 361 g/mol. The van der Waals surface area contributed by atoms with E-state index < -0.39 is 47.3 Å². The number of benzene rings is 1. The number of ether oxygens (including phenoxy) is 1. The number of aromatic nitrogens is 1. The van der Waals surface area contributed by atoms with Crippen molar-refractivity contribution in [1.82, 2.24) is 4.57 Å². The number of pyridine rings is 1. The van der Waals surface area contributed by atoms with Crippen molar-refractivity contribution in [2.24, 2.45) is 0 Å². The zero-order valence-electron chi connectivity index (χ0n) is 12.4. The van der Waals surface area contributed by atoms with Crippen molar-refractivity contribution in [3.05, 3.63) is 39.7 Å². The van der Waals surface area contributed by atoms with Crippen molar-refractivity contribution < 1.29 is 41.7 Å². The van der Waals surface area contributed by atoms with Gasteiger partial charge in [0.15, 0.2) is 11.6 Å². The molecule has 7 nitrogen and oxygen atoms in total. The summed E-state index contributed by atoms with van der Waals surface area (Å²) in [6, 6.07) is 0.319. The van der Waals surface area contributed by atoms with Gasteiger partial charge in [0.2, 0.25) is 5.43 Å². The number of halogens is 4. The fraction of sp³-hybridized carbons (Fsp3) is 0.231. The first-order valence-electron chi connectivity index (χ1n) is 6.84. The van der Waals surface area contributed by atoms with Gasteiger partial charge in [0.05, 0.1) is 16.9 Å². The summed E-state index contributed by atoms with van der Waals surface area (Å²) in [5.74, 6) is -4.49. The van der Waals surface area contributed by atoms with Gasteiger partial charge >= 0.3 is 13.3 Å². The van der Waals surface area contributed by atoms with Gasteiger partial charge in [-0.25, -0.2) is 13.6 Å². The number of nitrogens with zero attached hydrogens (tertiary/aromatic N) is 1. The first-order chi connectivity index (χ1) is 11.9. The molecule has 3 rings (SSSR count). The molecule has 1 unspecified atom stereocenters. The van der Waals surface area contributed by atoms with E-state index in [4.69, 9.17) is 4.74 Å². The maximum Gasteiger partial charge on any atom is 0.780 e. The third-order valence-electron chi connectivity index (χ3n) is 3.68. The van der Waals surface area contributed by atoms with Gasteiger partial charge in [0, 0.05) is 12.3 Å². The van der Waals surface area contributed by atoms with Crippen LogP contribution in [0.25, 0.3) is 10.9 Å². The van der Waals surface area contributed by atoms with E-state index in [-0.39, 0.29) is 17.9 Å². The van der Waals surface area contributed by atoms with Crippen LogP contribution in [0.2, 0.25) is 0 Å². The Morgan fingerprint density at radius 2 is 2.04 bits per heavy atom. The van der Waals surface area contributed by atoms with E-state index in [1.54, 1.807) is 6.92 Å². The number of hydrogen-bond acceptors (Lipinski definition) is 6. The van der Waals surface area contributed by atoms with Gasteiger partial charge in [-0.1, -0.05) is 9.05 Å². The molecule has 2 heterocycles. The van der Waals surface area contributed by atoms with E-state index >= 15 is 0 Å². The van der Waals surface area contributed by atoms with Gasteiger partial charge in [0.25, 0.3) is 0 Å². The summed E-state index contributed by atoms with van der Waals surface area (Å²) in [6.07, 6.45) is 0.995. The Labute approximate surface area is 136 Å². The molecule has 1 aliphatic rings. The Bertz CT molecular complexity index is 916. The van der Waals surface area contributed by atoms with Crippen LogP contribution in [-0.2, 0) is 14.4 Å². The van der Waals surface area contributed by atoms with Gasteiger partial charge in [-0.05, 0) is 6.92 Å². The maximum absolute atomic E-state index is 14.2. The molecule has 132 valence electrons. The molecule has 25 heavy (non-hydrogen) atoms. The van der Waals surface area contributed by atoms with Crippen LogP contribution in [0, 0.1) is 11.6 Å². The third kappa shape index (κ3) is 2.72. The highest BCUT2D eigenvalue weighted by Crippen LogP contribution is 2.34. The Morgan fingerprint density at radius 1 is 1.36 bits per heavy atom. The SMILES string of the molecule is CC1COc2cc(F)c(F)c3c(=O)c(C(=O)OB(OF)OF)cn1c23. The maximum atomic E-state index is 14.2. The standard InChI is InChI=1S/C13H8BF4NO6/c1-5-4-22-8-2-7(15)10(16)9-11(8)19(5)3-6(12(9)20)13(21)23-14(24-17)25-18/h2-3,5H,4H2,1H3. The van der Waals surface area contributed by atoms with Crippen LogP contribution >= 0.6 is 0 Å². The predicted molar refractivity (Wildman–Crippen MR) is 73.9 cm³/mol. The van der Waals surface area contributed by atoms with Crippen LogP contribution in [0.15, 0.2) is 17.1 Å². The molecular formula is C13H8BF4NO6. The highest BCUT2D eigenvalue weighted by atomic mass is 19.3. The highest BCUT2D eigenvalue weighted by Gasteiger charge is 2.33. The van der Waals surface area contributed by atoms with Crippen LogP contribution < -0.4 is 10.2 Å². The Balaban J connectivity index is 2.26. The van der Waals surface area contributed by atoms with Crippen LogP contribution in [0.5, 0.6) is 5.75 Å². The summed E-state index contributed by atoms with van der Waals surface area (Å²) in [6.45, 7) is 1.68. The van der Waals surface area contributed by atoms with Crippen LogP contribution in [0.1, 0.15) is 23.3 Å². The average molecular weight is 361 g/mol. The normalized spacial score (nSPS) is 15.8. The molecule has 0 saturated heterocycles. The fourth-order valence-electron chi connectivity index (χ4n) is 2.55. The van der Waals surface area contributed by atoms with E-state index in [0.717, 1.165) is 12.3 Å². The average Bonchev–Trinajstić information content (AvgIpc) is 2.60. The van der Waals surface area contributed by atoms with E-state index in [1.165, 1.54) is 4.57 Å². The number of hydrogen-bond donors (Lipinski definition) is 0. The lowest BCUT2D eigenvalue weighted by Crippen LogP contribution is -2.31. The molecule has 0 fully saturated rings. The van der Waals surface area contributed by atoms with Crippen LogP contribution in [0.3, 0.4) is 0 Å². The Morgan fingerprint density at radius 3 is 2.68 bits per heavy atom. The van der Waals surface area contributed by atoms with Gasteiger partial charge in [-0.2, -0.15) is 9.72 Å². The van der Waals surface area contributed by atoms with Crippen molar-refractivity contribution in [3.63, 3.8) is 0 Å². The molecule has 0 saturated carbocycles. The molecule has 1 aromatic carbocycles. The molecule has 0 bridgehead atoms. The molecule has 12 heteroatoms. The molecule has 0 amide bonds. The molecular weight excluding hydrogens is 353 g/mol. The van der Waals surface area contributed by atoms with E-state index in [9.17, 15) is 27.4 Å². The fourth-order valence-corrected chi connectivity index (χ4v) is 2.55. The van der Waals surface area contributed by atoms with E-state index in [2.05, 4.69) is 14.4 Å². The quantitative estimate of drug-likeness (QED) is 0.614. The smallest absolute Gasteiger partial charge is 0.489 e. The van der Waals surface area contributed by atoms with Crippen molar-refractivity contribution in [1.29, 1.82) is 0 Å². The summed E-state index contributed by atoms with van der Waals surface area (Å²) in [4.78, 5) is 30.1. The van der Waals surface area contributed by atoms with Gasteiger partial charge in [0.1, 0.15) is 17.9 Å².